The summed E-state index contributed by atoms with van der Waals surface area (Å²) in [6.45, 7) is 9.16. The van der Waals surface area contributed by atoms with Crippen LogP contribution in [0.2, 0.25) is 0 Å². The maximum absolute atomic E-state index is 11.4. The fraction of sp³-hybridized carbons (Fsp3) is 0.455. The molecule has 0 saturated carbocycles. The van der Waals surface area contributed by atoms with Crippen molar-refractivity contribution in [3.63, 3.8) is 0 Å². The van der Waals surface area contributed by atoms with Crippen LogP contribution in [0.4, 0.5) is 0 Å². The number of carbonyl (C=O) groups is 1. The normalized spacial score (nSPS) is 10.9. The van der Waals surface area contributed by atoms with Crippen LogP contribution < -0.4 is 0 Å². The van der Waals surface area contributed by atoms with Gasteiger partial charge in [-0.1, -0.05) is 19.6 Å². The van der Waals surface area contributed by atoms with Crippen LogP contribution in [0.5, 0.6) is 0 Å². The van der Waals surface area contributed by atoms with Gasteiger partial charge in [-0.05, 0) is 18.9 Å². The lowest BCUT2D eigenvalue weighted by Gasteiger charge is -2.11. The minimum atomic E-state index is -0.00213. The molecule has 0 atom stereocenters. The van der Waals surface area contributed by atoms with Crippen molar-refractivity contribution in [1.29, 1.82) is 0 Å². The van der Waals surface area contributed by atoms with E-state index in [0.29, 0.717) is 12.8 Å². The number of rotatable bonds is 6. The van der Waals surface area contributed by atoms with Crippen molar-refractivity contribution >= 4 is 11.6 Å². The van der Waals surface area contributed by atoms with Gasteiger partial charge in [-0.15, -0.1) is 6.58 Å². The van der Waals surface area contributed by atoms with Crippen LogP contribution in [0.3, 0.4) is 0 Å². The van der Waals surface area contributed by atoms with Crippen LogP contribution >= 0.6 is 0 Å². The van der Waals surface area contributed by atoms with Gasteiger partial charge in [0.2, 0.25) is 5.91 Å². The van der Waals surface area contributed by atoms with Crippen LogP contribution in [0.1, 0.15) is 26.2 Å². The van der Waals surface area contributed by atoms with Gasteiger partial charge in [-0.3, -0.25) is 4.79 Å². The molecule has 0 aromatic heterocycles. The second kappa shape index (κ2) is 7.06. The lowest BCUT2D eigenvalue weighted by atomic mass is 10.3. The zero-order chi connectivity index (χ0) is 11.0. The van der Waals surface area contributed by atoms with Crippen LogP contribution in [0.15, 0.2) is 30.4 Å². The highest BCUT2D eigenvalue weighted by Gasteiger charge is 2.05. The highest BCUT2D eigenvalue weighted by Crippen LogP contribution is 1.98. The van der Waals surface area contributed by atoms with Crippen LogP contribution in [0.25, 0.3) is 0 Å². The third kappa shape index (κ3) is 4.60. The van der Waals surface area contributed by atoms with Crippen molar-refractivity contribution in [1.82, 2.24) is 5.01 Å². The molecule has 0 radical (unpaired) electrons. The summed E-state index contributed by atoms with van der Waals surface area (Å²) < 4.78 is 0. The summed E-state index contributed by atoms with van der Waals surface area (Å²) in [4.78, 5) is 11.4. The molecule has 3 nitrogen and oxygen atoms in total. The van der Waals surface area contributed by atoms with Gasteiger partial charge in [0.25, 0.3) is 0 Å². The fourth-order valence-electron chi connectivity index (χ4n) is 0.892. The van der Waals surface area contributed by atoms with E-state index in [1.54, 1.807) is 19.2 Å². The molecule has 0 saturated heterocycles. The summed E-state index contributed by atoms with van der Waals surface area (Å²) >= 11 is 0. The molecule has 0 fully saturated rings. The van der Waals surface area contributed by atoms with Gasteiger partial charge in [-0.2, -0.15) is 5.10 Å². The number of carbonyl (C=O) groups excluding carboxylic acids is 1. The monoisotopic (exact) mass is 194 g/mol. The van der Waals surface area contributed by atoms with Gasteiger partial charge in [0, 0.05) is 13.5 Å². The zero-order valence-electron chi connectivity index (χ0n) is 8.99. The molecule has 0 aliphatic heterocycles. The predicted octanol–water partition coefficient (Wildman–Crippen LogP) is 2.36. The second-order valence-corrected chi connectivity index (χ2v) is 2.89. The molecule has 0 rings (SSSR count). The molecule has 3 heteroatoms. The third-order valence-electron chi connectivity index (χ3n) is 1.80. The Morgan fingerprint density at radius 2 is 2.14 bits per heavy atom. The summed E-state index contributed by atoms with van der Waals surface area (Å²) in [6.07, 6.45) is 5.31. The van der Waals surface area contributed by atoms with E-state index in [0.717, 1.165) is 12.1 Å². The van der Waals surface area contributed by atoms with Crippen molar-refractivity contribution < 1.29 is 4.79 Å². The smallest absolute Gasteiger partial charge is 0.242 e. The molecule has 1 amide bonds. The van der Waals surface area contributed by atoms with Gasteiger partial charge in [-0.25, -0.2) is 5.01 Å². The average molecular weight is 194 g/mol. The SMILES string of the molecule is C=CCCC(=O)N(C)/N=C(/C=C)CC. The summed E-state index contributed by atoms with van der Waals surface area (Å²) in [7, 11) is 1.66. The topological polar surface area (TPSA) is 32.7 Å². The minimum absolute atomic E-state index is 0.00213. The maximum Gasteiger partial charge on any atom is 0.242 e. The van der Waals surface area contributed by atoms with E-state index in [-0.39, 0.29) is 5.91 Å². The highest BCUT2D eigenvalue weighted by atomic mass is 16.2. The molecule has 0 bridgehead atoms. The van der Waals surface area contributed by atoms with E-state index in [1.807, 2.05) is 6.92 Å². The zero-order valence-corrected chi connectivity index (χ0v) is 8.99. The standard InChI is InChI=1S/C11H18N2O/c1-5-8-9-11(14)13(4)12-10(6-2)7-3/h5-6H,1-2,7-9H2,3-4H3/b12-10-. The summed E-state index contributed by atoms with van der Waals surface area (Å²) in [5.74, 6) is -0.00213. The predicted molar refractivity (Wildman–Crippen MR) is 60.1 cm³/mol. The molecule has 14 heavy (non-hydrogen) atoms. The number of nitrogens with zero attached hydrogens (tertiary/aromatic N) is 2. The van der Waals surface area contributed by atoms with Gasteiger partial charge >= 0.3 is 0 Å². The third-order valence-corrected chi connectivity index (χ3v) is 1.80. The Bertz CT molecular complexity index is 244. The molecular formula is C11H18N2O. The summed E-state index contributed by atoms with van der Waals surface area (Å²) in [5.41, 5.74) is 0.819. The van der Waals surface area contributed by atoms with Gasteiger partial charge < -0.3 is 0 Å². The Balaban J connectivity index is 4.23. The number of hydrazone groups is 1. The van der Waals surface area contributed by atoms with E-state index >= 15 is 0 Å². The van der Waals surface area contributed by atoms with E-state index in [2.05, 4.69) is 18.3 Å². The average Bonchev–Trinajstić information content (AvgIpc) is 2.21. The van der Waals surface area contributed by atoms with Crippen LogP contribution in [-0.4, -0.2) is 23.7 Å². The first-order valence-corrected chi connectivity index (χ1v) is 4.73. The van der Waals surface area contributed by atoms with Crippen LogP contribution in [0, 0.1) is 0 Å². The lowest BCUT2D eigenvalue weighted by molar-refractivity contribution is -0.129. The molecule has 0 aromatic carbocycles. The summed E-state index contributed by atoms with van der Waals surface area (Å²) in [5, 5.41) is 5.48. The molecule has 78 valence electrons. The van der Waals surface area contributed by atoms with Crippen molar-refractivity contribution in [2.75, 3.05) is 7.05 Å². The number of hydrogen-bond donors (Lipinski definition) is 0. The van der Waals surface area contributed by atoms with Crippen LogP contribution in [-0.2, 0) is 4.79 Å². The maximum atomic E-state index is 11.4. The lowest BCUT2D eigenvalue weighted by Crippen LogP contribution is -2.22. The molecule has 0 aliphatic carbocycles. The van der Waals surface area contributed by atoms with Crippen molar-refractivity contribution in [2.24, 2.45) is 5.10 Å². The molecular weight excluding hydrogens is 176 g/mol. The number of amides is 1. The quantitative estimate of drug-likeness (QED) is 0.363. The Morgan fingerprint density at radius 1 is 1.50 bits per heavy atom. The van der Waals surface area contributed by atoms with E-state index < -0.39 is 0 Å². The van der Waals surface area contributed by atoms with Crippen molar-refractivity contribution in [3.8, 4) is 0 Å². The van der Waals surface area contributed by atoms with Gasteiger partial charge in [0.05, 0.1) is 5.71 Å². The molecule has 0 N–H and O–H groups in total. The van der Waals surface area contributed by atoms with E-state index in [9.17, 15) is 4.79 Å². The Kier molecular flexibility index (Phi) is 6.37. The Morgan fingerprint density at radius 3 is 2.57 bits per heavy atom. The first kappa shape index (κ1) is 12.6. The largest absolute Gasteiger partial charge is 0.273 e. The molecule has 0 spiro atoms. The Labute approximate surface area is 85.8 Å². The first-order chi connectivity index (χ1) is 6.65. The number of allylic oxidation sites excluding steroid dienone is 2. The Hall–Kier alpha value is -1.38. The van der Waals surface area contributed by atoms with E-state index in [4.69, 9.17) is 0 Å². The molecule has 0 heterocycles. The first-order valence-electron chi connectivity index (χ1n) is 4.73. The summed E-state index contributed by atoms with van der Waals surface area (Å²) in [6, 6.07) is 0. The second-order valence-electron chi connectivity index (χ2n) is 2.89. The number of hydrogen-bond acceptors (Lipinski definition) is 2. The van der Waals surface area contributed by atoms with Gasteiger partial charge in [0.15, 0.2) is 0 Å². The minimum Gasteiger partial charge on any atom is -0.273 e. The van der Waals surface area contributed by atoms with Crippen molar-refractivity contribution in [3.05, 3.63) is 25.3 Å². The molecule has 0 aromatic rings. The van der Waals surface area contributed by atoms with E-state index in [1.165, 1.54) is 5.01 Å². The highest BCUT2D eigenvalue weighted by molar-refractivity contribution is 5.94. The fourth-order valence-corrected chi connectivity index (χ4v) is 0.892. The molecule has 0 unspecified atom stereocenters. The van der Waals surface area contributed by atoms with Crippen molar-refractivity contribution in [2.45, 2.75) is 26.2 Å². The van der Waals surface area contributed by atoms with Gasteiger partial charge in [0.1, 0.15) is 0 Å². The molecule has 0 aliphatic rings.